The molecule has 8 heteroatoms. The average Bonchev–Trinajstić information content (AvgIpc) is 3.22. The number of benzene rings is 1. The third-order valence-corrected chi connectivity index (χ3v) is 5.29. The maximum absolute atomic E-state index is 8.16. The van der Waals surface area contributed by atoms with E-state index >= 15 is 0 Å². The highest BCUT2D eigenvalue weighted by molar-refractivity contribution is 6.02. The van der Waals surface area contributed by atoms with Crippen LogP contribution >= 0.6 is 0 Å². The number of aromatic nitrogens is 3. The lowest BCUT2D eigenvalue weighted by Crippen LogP contribution is -2.24. The maximum atomic E-state index is 8.16. The summed E-state index contributed by atoms with van der Waals surface area (Å²) in [5, 5.41) is 23.4. The Kier molecular flexibility index (Phi) is 5.47. The van der Waals surface area contributed by atoms with E-state index in [1.807, 2.05) is 16.6 Å². The molecule has 3 aromatic rings. The molecule has 0 radical (unpaired) electrons. The fraction of sp³-hybridized carbons (Fsp3) is 0.273. The lowest BCUT2D eigenvalue weighted by atomic mass is 9.97. The molecular weight excluding hydrogens is 378 g/mol. The number of nitrogens with zero attached hydrogens (tertiary/aromatic N) is 4. The monoisotopic (exact) mass is 403 g/mol. The van der Waals surface area contributed by atoms with Gasteiger partial charge >= 0.3 is 0 Å². The van der Waals surface area contributed by atoms with E-state index in [1.165, 1.54) is 23.3 Å². The molecule has 0 unspecified atom stereocenters. The van der Waals surface area contributed by atoms with Crippen LogP contribution in [-0.2, 0) is 0 Å². The Balaban J connectivity index is 1.64. The molecule has 30 heavy (non-hydrogen) atoms. The van der Waals surface area contributed by atoms with E-state index in [0.29, 0.717) is 22.9 Å². The van der Waals surface area contributed by atoms with E-state index in [4.69, 9.17) is 20.7 Å². The number of nitrogens with one attached hydrogen (secondary N) is 3. The Morgan fingerprint density at radius 1 is 1.27 bits per heavy atom. The number of ether oxygens (including phenoxy) is 1. The van der Waals surface area contributed by atoms with E-state index in [1.54, 1.807) is 32.5 Å². The van der Waals surface area contributed by atoms with Crippen LogP contribution in [0.2, 0.25) is 0 Å². The fourth-order valence-corrected chi connectivity index (χ4v) is 3.60. The number of fused-ring (bicyclic) bond motifs is 1. The van der Waals surface area contributed by atoms with Crippen molar-refractivity contribution in [1.29, 1.82) is 10.8 Å². The zero-order valence-corrected chi connectivity index (χ0v) is 17.1. The Morgan fingerprint density at radius 2 is 2.13 bits per heavy atom. The summed E-state index contributed by atoms with van der Waals surface area (Å²) < 4.78 is 7.44. The van der Waals surface area contributed by atoms with Gasteiger partial charge in [-0.1, -0.05) is 6.08 Å². The summed E-state index contributed by atoms with van der Waals surface area (Å²) in [6, 6.07) is 9.53. The van der Waals surface area contributed by atoms with Crippen molar-refractivity contribution in [3.05, 3.63) is 53.9 Å². The van der Waals surface area contributed by atoms with Gasteiger partial charge in [0.25, 0.3) is 0 Å². The number of amidine groups is 1. The predicted octanol–water partition coefficient (Wildman–Crippen LogP) is 4.30. The SMILES string of the molecule is COc1cc(C(=N)N(C)C=N)ccc1Nc1ncc2ccc(C3=CCCCC3)n2n1. The first-order chi connectivity index (χ1) is 14.6. The molecule has 0 bridgehead atoms. The second-order valence-corrected chi connectivity index (χ2v) is 7.24. The van der Waals surface area contributed by atoms with Crippen LogP contribution in [0.5, 0.6) is 5.75 Å². The van der Waals surface area contributed by atoms with Crippen molar-refractivity contribution in [3.63, 3.8) is 0 Å². The molecule has 8 nitrogen and oxygen atoms in total. The fourth-order valence-electron chi connectivity index (χ4n) is 3.60. The van der Waals surface area contributed by atoms with Gasteiger partial charge in [0.1, 0.15) is 11.6 Å². The van der Waals surface area contributed by atoms with Gasteiger partial charge in [-0.05, 0) is 61.6 Å². The second-order valence-electron chi connectivity index (χ2n) is 7.24. The molecule has 0 aliphatic heterocycles. The molecule has 0 saturated heterocycles. The van der Waals surface area contributed by atoms with Crippen molar-refractivity contribution in [3.8, 4) is 5.75 Å². The molecule has 1 aliphatic carbocycles. The third-order valence-electron chi connectivity index (χ3n) is 5.29. The highest BCUT2D eigenvalue weighted by Gasteiger charge is 2.14. The normalized spacial score (nSPS) is 13.6. The summed E-state index contributed by atoms with van der Waals surface area (Å²) in [5.74, 6) is 1.25. The van der Waals surface area contributed by atoms with Crippen molar-refractivity contribution in [2.75, 3.05) is 19.5 Å². The number of hydrogen-bond acceptors (Lipinski definition) is 6. The Labute approximate surface area is 175 Å². The number of anilines is 2. The zero-order valence-electron chi connectivity index (χ0n) is 17.1. The number of methoxy groups -OCH3 is 1. The molecule has 154 valence electrons. The molecule has 4 rings (SSSR count). The first-order valence-electron chi connectivity index (χ1n) is 9.92. The van der Waals surface area contributed by atoms with Crippen molar-refractivity contribution in [1.82, 2.24) is 19.5 Å². The van der Waals surface area contributed by atoms with Gasteiger partial charge in [0.05, 0.1) is 36.5 Å². The van der Waals surface area contributed by atoms with Crippen LogP contribution < -0.4 is 10.1 Å². The van der Waals surface area contributed by atoms with Crippen LogP contribution in [0, 0.1) is 10.8 Å². The molecule has 0 fully saturated rings. The zero-order chi connectivity index (χ0) is 21.1. The largest absolute Gasteiger partial charge is 0.495 e. The maximum Gasteiger partial charge on any atom is 0.245 e. The van der Waals surface area contributed by atoms with Crippen LogP contribution in [0.3, 0.4) is 0 Å². The van der Waals surface area contributed by atoms with Crippen molar-refractivity contribution < 1.29 is 4.74 Å². The van der Waals surface area contributed by atoms with Crippen molar-refractivity contribution in [2.45, 2.75) is 25.7 Å². The first kappa shape index (κ1) is 19.6. The quantitative estimate of drug-likeness (QED) is 0.421. The van der Waals surface area contributed by atoms with Crippen LogP contribution in [0.15, 0.2) is 42.6 Å². The Hall–Kier alpha value is -3.68. The summed E-state index contributed by atoms with van der Waals surface area (Å²) in [7, 11) is 3.24. The average molecular weight is 403 g/mol. The molecule has 0 spiro atoms. The lowest BCUT2D eigenvalue weighted by Gasteiger charge is -2.16. The number of allylic oxidation sites excluding steroid dienone is 2. The minimum absolute atomic E-state index is 0.213. The third kappa shape index (κ3) is 3.76. The molecule has 0 amide bonds. The van der Waals surface area contributed by atoms with Gasteiger partial charge in [0, 0.05) is 12.6 Å². The van der Waals surface area contributed by atoms with Gasteiger partial charge in [-0.3, -0.25) is 10.8 Å². The lowest BCUT2D eigenvalue weighted by molar-refractivity contribution is 0.416. The summed E-state index contributed by atoms with van der Waals surface area (Å²) in [4.78, 5) is 5.86. The Morgan fingerprint density at radius 3 is 2.87 bits per heavy atom. The van der Waals surface area contributed by atoms with E-state index in [9.17, 15) is 0 Å². The Bertz CT molecular complexity index is 1130. The summed E-state index contributed by atoms with van der Waals surface area (Å²) in [6.45, 7) is 0. The molecular formula is C22H25N7O. The van der Waals surface area contributed by atoms with Crippen LogP contribution in [-0.4, -0.2) is 45.8 Å². The van der Waals surface area contributed by atoms with Gasteiger partial charge in [0.15, 0.2) is 0 Å². The standard InChI is InChI=1S/C22H25N7O/c1-28(14-23)21(24)16-8-10-18(20(12-16)30-2)26-22-25-13-17-9-11-19(29(17)27-22)15-6-4-3-5-7-15/h6,8-14,23-24H,3-5,7H2,1-2H3,(H,26,27). The van der Waals surface area contributed by atoms with E-state index < -0.39 is 0 Å². The van der Waals surface area contributed by atoms with E-state index in [-0.39, 0.29) is 5.84 Å². The van der Waals surface area contributed by atoms with Gasteiger partial charge < -0.3 is 15.0 Å². The van der Waals surface area contributed by atoms with Gasteiger partial charge in [-0.2, -0.15) is 0 Å². The molecule has 0 saturated carbocycles. The van der Waals surface area contributed by atoms with Gasteiger partial charge in [-0.15, -0.1) is 5.10 Å². The molecule has 2 heterocycles. The van der Waals surface area contributed by atoms with Crippen LogP contribution in [0.25, 0.3) is 11.1 Å². The highest BCUT2D eigenvalue weighted by atomic mass is 16.5. The molecule has 1 aromatic carbocycles. The topological polar surface area (TPSA) is 102 Å². The summed E-state index contributed by atoms with van der Waals surface area (Å²) in [5.41, 5.74) is 4.75. The van der Waals surface area contributed by atoms with Gasteiger partial charge in [-0.25, -0.2) is 9.50 Å². The van der Waals surface area contributed by atoms with Crippen LogP contribution in [0.4, 0.5) is 11.6 Å². The smallest absolute Gasteiger partial charge is 0.245 e. The molecule has 1 aliphatic rings. The number of rotatable bonds is 6. The molecule has 3 N–H and O–H groups in total. The predicted molar refractivity (Wildman–Crippen MR) is 119 cm³/mol. The highest BCUT2D eigenvalue weighted by Crippen LogP contribution is 2.30. The molecule has 0 atom stereocenters. The summed E-state index contributed by atoms with van der Waals surface area (Å²) >= 11 is 0. The minimum atomic E-state index is 0.213. The van der Waals surface area contributed by atoms with Crippen molar-refractivity contribution in [2.24, 2.45) is 0 Å². The van der Waals surface area contributed by atoms with Gasteiger partial charge in [0.2, 0.25) is 5.95 Å². The van der Waals surface area contributed by atoms with E-state index in [2.05, 4.69) is 22.4 Å². The van der Waals surface area contributed by atoms with E-state index in [0.717, 1.165) is 30.4 Å². The molecule has 2 aromatic heterocycles. The first-order valence-corrected chi connectivity index (χ1v) is 9.92. The second kappa shape index (κ2) is 8.36. The summed E-state index contributed by atoms with van der Waals surface area (Å²) in [6.07, 6.45) is 9.86. The van der Waals surface area contributed by atoms with Crippen molar-refractivity contribution >= 4 is 34.9 Å². The number of hydrogen-bond donors (Lipinski definition) is 3. The van der Waals surface area contributed by atoms with Crippen LogP contribution in [0.1, 0.15) is 36.9 Å². The minimum Gasteiger partial charge on any atom is -0.495 e.